The molecule has 4 nitrogen and oxygen atoms in total. The van der Waals surface area contributed by atoms with Crippen LogP contribution in [-0.2, 0) is 4.79 Å². The van der Waals surface area contributed by atoms with Crippen molar-refractivity contribution >= 4 is 39.1 Å². The van der Waals surface area contributed by atoms with E-state index >= 15 is 0 Å². The van der Waals surface area contributed by atoms with Crippen molar-refractivity contribution < 1.29 is 14.0 Å². The number of amides is 2. The van der Waals surface area contributed by atoms with Gasteiger partial charge < -0.3 is 10.6 Å². The highest BCUT2D eigenvalue weighted by Gasteiger charge is 2.10. The molecule has 2 rings (SSSR count). The van der Waals surface area contributed by atoms with Crippen molar-refractivity contribution in [2.24, 2.45) is 0 Å². The molecule has 114 valence electrons. The minimum absolute atomic E-state index is 0.194. The minimum atomic E-state index is -0.498. The van der Waals surface area contributed by atoms with Crippen LogP contribution in [0.15, 0.2) is 40.9 Å². The molecule has 0 radical (unpaired) electrons. The Morgan fingerprint density at radius 2 is 1.82 bits per heavy atom. The van der Waals surface area contributed by atoms with Crippen LogP contribution in [0.3, 0.4) is 0 Å². The fraction of sp³-hybridized carbons (Fsp3) is 0.125. The van der Waals surface area contributed by atoms with Gasteiger partial charge in [-0.2, -0.15) is 0 Å². The van der Waals surface area contributed by atoms with Crippen molar-refractivity contribution in [3.05, 3.63) is 57.8 Å². The lowest BCUT2D eigenvalue weighted by molar-refractivity contribution is -0.114. The number of benzene rings is 2. The predicted octanol–water partition coefficient (Wildman–Crippen LogP) is 4.11. The summed E-state index contributed by atoms with van der Waals surface area (Å²) in [7, 11) is 0. The number of carbonyl (C=O) groups is 2. The Morgan fingerprint density at radius 1 is 1.09 bits per heavy atom. The standard InChI is InChI=1S/C16H14BrFN2O2/c1-9-3-4-14(8-15(9)19-10(2)21)20-16(22)11-5-12(17)7-13(18)6-11/h3-8H,1-2H3,(H,19,21)(H,20,22). The van der Waals surface area contributed by atoms with E-state index in [1.54, 1.807) is 18.2 Å². The molecule has 2 aromatic carbocycles. The highest BCUT2D eigenvalue weighted by Crippen LogP contribution is 2.22. The lowest BCUT2D eigenvalue weighted by atomic mass is 10.1. The van der Waals surface area contributed by atoms with Crippen molar-refractivity contribution in [1.29, 1.82) is 0 Å². The zero-order valence-electron chi connectivity index (χ0n) is 12.0. The van der Waals surface area contributed by atoms with Gasteiger partial charge in [0, 0.05) is 28.3 Å². The zero-order chi connectivity index (χ0) is 16.3. The van der Waals surface area contributed by atoms with E-state index in [0.29, 0.717) is 15.8 Å². The average molecular weight is 365 g/mol. The Labute approximate surface area is 135 Å². The maximum absolute atomic E-state index is 13.3. The molecule has 6 heteroatoms. The van der Waals surface area contributed by atoms with Crippen LogP contribution in [0.2, 0.25) is 0 Å². The van der Waals surface area contributed by atoms with Gasteiger partial charge in [-0.3, -0.25) is 9.59 Å². The Kier molecular flexibility index (Phi) is 4.92. The first kappa shape index (κ1) is 16.2. The lowest BCUT2D eigenvalue weighted by Crippen LogP contribution is -2.13. The molecule has 0 fully saturated rings. The quantitative estimate of drug-likeness (QED) is 0.860. The van der Waals surface area contributed by atoms with Gasteiger partial charge >= 0.3 is 0 Å². The number of halogens is 2. The van der Waals surface area contributed by atoms with Gasteiger partial charge in [0.1, 0.15) is 5.82 Å². The molecular weight excluding hydrogens is 351 g/mol. The molecule has 0 unspecified atom stereocenters. The SMILES string of the molecule is CC(=O)Nc1cc(NC(=O)c2cc(F)cc(Br)c2)ccc1C. The molecule has 0 atom stereocenters. The molecular formula is C16H14BrFN2O2. The van der Waals surface area contributed by atoms with Crippen molar-refractivity contribution in [2.75, 3.05) is 10.6 Å². The van der Waals surface area contributed by atoms with Crippen LogP contribution in [-0.4, -0.2) is 11.8 Å². The van der Waals surface area contributed by atoms with Crippen LogP contribution >= 0.6 is 15.9 Å². The number of hydrogen-bond donors (Lipinski definition) is 2. The van der Waals surface area contributed by atoms with E-state index in [1.165, 1.54) is 19.1 Å². The average Bonchev–Trinajstić information content (AvgIpc) is 2.41. The fourth-order valence-electron chi connectivity index (χ4n) is 1.91. The van der Waals surface area contributed by atoms with E-state index in [1.807, 2.05) is 6.92 Å². The van der Waals surface area contributed by atoms with E-state index < -0.39 is 11.7 Å². The van der Waals surface area contributed by atoms with E-state index in [4.69, 9.17) is 0 Å². The van der Waals surface area contributed by atoms with Gasteiger partial charge in [-0.25, -0.2) is 4.39 Å². The van der Waals surface area contributed by atoms with Crippen LogP contribution in [0.5, 0.6) is 0 Å². The highest BCUT2D eigenvalue weighted by atomic mass is 79.9. The Morgan fingerprint density at radius 3 is 2.45 bits per heavy atom. The molecule has 0 aliphatic carbocycles. The van der Waals surface area contributed by atoms with Gasteiger partial charge in [-0.05, 0) is 42.8 Å². The smallest absolute Gasteiger partial charge is 0.255 e. The topological polar surface area (TPSA) is 58.2 Å². The zero-order valence-corrected chi connectivity index (χ0v) is 13.6. The van der Waals surface area contributed by atoms with Crippen molar-refractivity contribution in [3.63, 3.8) is 0 Å². The van der Waals surface area contributed by atoms with Gasteiger partial charge in [0.15, 0.2) is 0 Å². The summed E-state index contributed by atoms with van der Waals surface area (Å²) >= 11 is 3.15. The van der Waals surface area contributed by atoms with Crippen molar-refractivity contribution in [1.82, 2.24) is 0 Å². The van der Waals surface area contributed by atoms with E-state index in [-0.39, 0.29) is 11.5 Å². The first-order valence-corrected chi connectivity index (χ1v) is 7.30. The summed E-state index contributed by atoms with van der Waals surface area (Å²) in [6.07, 6.45) is 0. The maximum atomic E-state index is 13.3. The van der Waals surface area contributed by atoms with Gasteiger partial charge in [0.25, 0.3) is 5.91 Å². The summed E-state index contributed by atoms with van der Waals surface area (Å²) in [5.74, 6) is -1.12. The minimum Gasteiger partial charge on any atom is -0.326 e. The molecule has 0 heterocycles. The number of hydrogen-bond acceptors (Lipinski definition) is 2. The number of anilines is 2. The van der Waals surface area contributed by atoms with Gasteiger partial charge in [0.05, 0.1) is 0 Å². The number of nitrogens with one attached hydrogen (secondary N) is 2. The second-order valence-electron chi connectivity index (χ2n) is 4.82. The van der Waals surface area contributed by atoms with Gasteiger partial charge in [0.2, 0.25) is 5.91 Å². The Hall–Kier alpha value is -2.21. The van der Waals surface area contributed by atoms with Crippen molar-refractivity contribution in [3.8, 4) is 0 Å². The highest BCUT2D eigenvalue weighted by molar-refractivity contribution is 9.10. The summed E-state index contributed by atoms with van der Waals surface area (Å²) in [6.45, 7) is 3.26. The molecule has 2 aromatic rings. The molecule has 0 aliphatic rings. The van der Waals surface area contributed by atoms with Crippen LogP contribution in [0.25, 0.3) is 0 Å². The van der Waals surface area contributed by atoms with E-state index in [9.17, 15) is 14.0 Å². The maximum Gasteiger partial charge on any atom is 0.255 e. The normalized spacial score (nSPS) is 10.2. The van der Waals surface area contributed by atoms with Crippen molar-refractivity contribution in [2.45, 2.75) is 13.8 Å². The van der Waals surface area contributed by atoms with Gasteiger partial charge in [-0.1, -0.05) is 22.0 Å². The number of aryl methyl sites for hydroxylation is 1. The van der Waals surface area contributed by atoms with Crippen LogP contribution in [0.1, 0.15) is 22.8 Å². The lowest BCUT2D eigenvalue weighted by Gasteiger charge is -2.11. The van der Waals surface area contributed by atoms with E-state index in [0.717, 1.165) is 11.6 Å². The molecule has 0 spiro atoms. The molecule has 0 aromatic heterocycles. The summed E-state index contributed by atoms with van der Waals surface area (Å²) in [5, 5.41) is 5.36. The molecule has 0 aliphatic heterocycles. The predicted molar refractivity (Wildman–Crippen MR) is 87.5 cm³/mol. The van der Waals surface area contributed by atoms with Gasteiger partial charge in [-0.15, -0.1) is 0 Å². The number of rotatable bonds is 3. The third kappa shape index (κ3) is 4.14. The van der Waals surface area contributed by atoms with Crippen LogP contribution in [0.4, 0.5) is 15.8 Å². The summed E-state index contributed by atoms with van der Waals surface area (Å²) in [6, 6.07) is 9.11. The summed E-state index contributed by atoms with van der Waals surface area (Å²) in [5.41, 5.74) is 2.21. The molecule has 2 N–H and O–H groups in total. The Bertz CT molecular complexity index is 727. The molecule has 22 heavy (non-hydrogen) atoms. The second-order valence-corrected chi connectivity index (χ2v) is 5.74. The summed E-state index contributed by atoms with van der Waals surface area (Å²) < 4.78 is 13.8. The monoisotopic (exact) mass is 364 g/mol. The fourth-order valence-corrected chi connectivity index (χ4v) is 2.38. The molecule has 0 bridgehead atoms. The first-order chi connectivity index (χ1) is 10.3. The largest absolute Gasteiger partial charge is 0.326 e. The Balaban J connectivity index is 2.22. The molecule has 0 saturated heterocycles. The van der Waals surface area contributed by atoms with E-state index in [2.05, 4.69) is 26.6 Å². The molecule has 2 amide bonds. The third-order valence-corrected chi connectivity index (χ3v) is 3.39. The summed E-state index contributed by atoms with van der Waals surface area (Å²) in [4.78, 5) is 23.3. The molecule has 0 saturated carbocycles. The third-order valence-electron chi connectivity index (χ3n) is 2.93. The number of carbonyl (C=O) groups excluding carboxylic acids is 2. The van der Waals surface area contributed by atoms with Crippen LogP contribution in [0, 0.1) is 12.7 Å². The first-order valence-electron chi connectivity index (χ1n) is 6.51. The van der Waals surface area contributed by atoms with Crippen LogP contribution < -0.4 is 10.6 Å². The second kappa shape index (κ2) is 6.70.